The number of rotatable bonds is 6. The van der Waals surface area contributed by atoms with Crippen LogP contribution in [0.3, 0.4) is 0 Å². The molecule has 1 amide bonds. The summed E-state index contributed by atoms with van der Waals surface area (Å²) in [6.45, 7) is 1.52. The Labute approximate surface area is 108 Å². The first-order chi connectivity index (χ1) is 8.56. The van der Waals surface area contributed by atoms with Gasteiger partial charge in [0.15, 0.2) is 0 Å². The maximum Gasteiger partial charge on any atom is 0.251 e. The lowest BCUT2D eigenvalue weighted by molar-refractivity contribution is -0.856. The lowest BCUT2D eigenvalue weighted by atomic mass is 10.2. The first kappa shape index (κ1) is 14.3. The van der Waals surface area contributed by atoms with Gasteiger partial charge in [0.1, 0.15) is 11.5 Å². The second-order valence-electron chi connectivity index (χ2n) is 4.31. The number of carbonyl (C=O) groups is 1. The van der Waals surface area contributed by atoms with Crippen LogP contribution < -0.4 is 19.7 Å². The average Bonchev–Trinajstić information content (AvgIpc) is 2.37. The average molecular weight is 253 g/mol. The molecule has 0 spiro atoms. The Morgan fingerprint density at radius 2 is 1.72 bits per heavy atom. The van der Waals surface area contributed by atoms with E-state index in [0.717, 1.165) is 6.54 Å². The Bertz CT molecular complexity index is 383. The van der Waals surface area contributed by atoms with Crippen LogP contribution in [-0.2, 0) is 0 Å². The van der Waals surface area contributed by atoms with Crippen molar-refractivity contribution in [3.8, 4) is 11.5 Å². The minimum absolute atomic E-state index is 0.117. The molecule has 0 aliphatic carbocycles. The zero-order valence-corrected chi connectivity index (χ0v) is 11.4. The summed E-state index contributed by atoms with van der Waals surface area (Å²) in [5.74, 6) is 1.10. The zero-order chi connectivity index (χ0) is 13.5. The van der Waals surface area contributed by atoms with E-state index in [2.05, 4.69) is 5.32 Å². The van der Waals surface area contributed by atoms with Gasteiger partial charge in [-0.25, -0.2) is 0 Å². The van der Waals surface area contributed by atoms with E-state index in [1.807, 2.05) is 14.1 Å². The molecule has 18 heavy (non-hydrogen) atoms. The summed E-state index contributed by atoms with van der Waals surface area (Å²) in [6.07, 6.45) is 0. The van der Waals surface area contributed by atoms with Crippen molar-refractivity contribution in [2.45, 2.75) is 0 Å². The molecule has 0 aliphatic heterocycles. The quantitative estimate of drug-likeness (QED) is 0.724. The lowest BCUT2D eigenvalue weighted by Gasteiger charge is -2.10. The van der Waals surface area contributed by atoms with Crippen LogP contribution in [0.5, 0.6) is 11.5 Å². The predicted octanol–water partition coefficient (Wildman–Crippen LogP) is -0.422. The Morgan fingerprint density at radius 3 is 2.17 bits per heavy atom. The summed E-state index contributed by atoms with van der Waals surface area (Å²) < 4.78 is 10.3. The Hall–Kier alpha value is -1.75. The molecular weight excluding hydrogens is 232 g/mol. The number of hydrogen-bond acceptors (Lipinski definition) is 3. The van der Waals surface area contributed by atoms with Crippen molar-refractivity contribution in [2.24, 2.45) is 0 Å². The van der Waals surface area contributed by atoms with Crippen LogP contribution >= 0.6 is 0 Å². The molecule has 0 heterocycles. The van der Waals surface area contributed by atoms with E-state index in [4.69, 9.17) is 9.47 Å². The largest absolute Gasteiger partial charge is 0.497 e. The maximum absolute atomic E-state index is 11.9. The molecule has 1 aromatic rings. The first-order valence-corrected chi connectivity index (χ1v) is 5.87. The van der Waals surface area contributed by atoms with Gasteiger partial charge < -0.3 is 19.7 Å². The third-order valence-corrected chi connectivity index (χ3v) is 2.52. The molecule has 0 radical (unpaired) electrons. The molecule has 0 fully saturated rings. The Balaban J connectivity index is 2.72. The van der Waals surface area contributed by atoms with Gasteiger partial charge in [-0.1, -0.05) is 0 Å². The molecular formula is C13H21N2O3+. The molecule has 5 heteroatoms. The van der Waals surface area contributed by atoms with Gasteiger partial charge in [0, 0.05) is 11.6 Å². The normalized spacial score (nSPS) is 10.3. The van der Waals surface area contributed by atoms with Crippen LogP contribution in [0.25, 0.3) is 0 Å². The van der Waals surface area contributed by atoms with Gasteiger partial charge in [-0.3, -0.25) is 4.79 Å². The van der Waals surface area contributed by atoms with Crippen molar-refractivity contribution in [1.82, 2.24) is 5.32 Å². The SMILES string of the molecule is COc1cc(OC)cc(C(=O)NCC[NH+](C)C)c1. The monoisotopic (exact) mass is 253 g/mol. The molecule has 0 atom stereocenters. The third-order valence-electron chi connectivity index (χ3n) is 2.52. The van der Waals surface area contributed by atoms with E-state index < -0.39 is 0 Å². The van der Waals surface area contributed by atoms with Gasteiger partial charge in [0.2, 0.25) is 0 Å². The number of benzene rings is 1. The number of amides is 1. The molecule has 0 saturated heterocycles. The van der Waals surface area contributed by atoms with Crippen LogP contribution in [0, 0.1) is 0 Å². The van der Waals surface area contributed by atoms with Crippen LogP contribution in [0.15, 0.2) is 18.2 Å². The number of hydrogen-bond donors (Lipinski definition) is 2. The van der Waals surface area contributed by atoms with E-state index in [1.54, 1.807) is 32.4 Å². The number of nitrogens with one attached hydrogen (secondary N) is 2. The molecule has 0 aliphatic rings. The highest BCUT2D eigenvalue weighted by Gasteiger charge is 2.09. The lowest BCUT2D eigenvalue weighted by Crippen LogP contribution is -3.06. The van der Waals surface area contributed by atoms with E-state index in [1.165, 1.54) is 4.90 Å². The Kier molecular flexibility index (Phi) is 5.45. The fourth-order valence-corrected chi connectivity index (χ4v) is 1.47. The molecule has 0 bridgehead atoms. The van der Waals surface area contributed by atoms with Crippen LogP contribution in [0.4, 0.5) is 0 Å². The maximum atomic E-state index is 11.9. The minimum atomic E-state index is -0.117. The van der Waals surface area contributed by atoms with Gasteiger partial charge in [-0.2, -0.15) is 0 Å². The second-order valence-corrected chi connectivity index (χ2v) is 4.31. The van der Waals surface area contributed by atoms with Crippen molar-refractivity contribution in [3.63, 3.8) is 0 Å². The summed E-state index contributed by atoms with van der Waals surface area (Å²) in [7, 11) is 7.21. The summed E-state index contributed by atoms with van der Waals surface area (Å²) in [6, 6.07) is 5.13. The van der Waals surface area contributed by atoms with E-state index >= 15 is 0 Å². The minimum Gasteiger partial charge on any atom is -0.497 e. The highest BCUT2D eigenvalue weighted by molar-refractivity contribution is 5.95. The topological polar surface area (TPSA) is 52.0 Å². The fourth-order valence-electron chi connectivity index (χ4n) is 1.47. The van der Waals surface area contributed by atoms with E-state index in [0.29, 0.717) is 23.6 Å². The van der Waals surface area contributed by atoms with Crippen molar-refractivity contribution >= 4 is 5.91 Å². The zero-order valence-electron chi connectivity index (χ0n) is 11.4. The Morgan fingerprint density at radius 1 is 1.17 bits per heavy atom. The van der Waals surface area contributed by atoms with Crippen LogP contribution in [0.2, 0.25) is 0 Å². The smallest absolute Gasteiger partial charge is 0.251 e. The number of quaternary nitrogens is 1. The van der Waals surface area contributed by atoms with Crippen LogP contribution in [0.1, 0.15) is 10.4 Å². The number of ether oxygens (including phenoxy) is 2. The highest BCUT2D eigenvalue weighted by Crippen LogP contribution is 2.22. The predicted molar refractivity (Wildman–Crippen MR) is 69.6 cm³/mol. The van der Waals surface area contributed by atoms with Crippen molar-refractivity contribution in [3.05, 3.63) is 23.8 Å². The number of methoxy groups -OCH3 is 2. The number of likely N-dealkylation sites (N-methyl/N-ethyl adjacent to an activating group) is 1. The molecule has 100 valence electrons. The molecule has 1 rings (SSSR count). The molecule has 0 aromatic heterocycles. The summed E-state index contributed by atoms with van der Waals surface area (Å²) in [4.78, 5) is 13.2. The molecule has 1 aromatic carbocycles. The fraction of sp³-hybridized carbons (Fsp3) is 0.462. The molecule has 0 saturated carbocycles. The second kappa shape index (κ2) is 6.86. The van der Waals surface area contributed by atoms with Gasteiger partial charge >= 0.3 is 0 Å². The van der Waals surface area contributed by atoms with Crippen molar-refractivity contribution in [1.29, 1.82) is 0 Å². The van der Waals surface area contributed by atoms with Gasteiger partial charge in [-0.15, -0.1) is 0 Å². The van der Waals surface area contributed by atoms with Crippen molar-refractivity contribution in [2.75, 3.05) is 41.4 Å². The summed E-state index contributed by atoms with van der Waals surface area (Å²) >= 11 is 0. The van der Waals surface area contributed by atoms with E-state index in [9.17, 15) is 4.79 Å². The first-order valence-electron chi connectivity index (χ1n) is 5.87. The number of carbonyl (C=O) groups excluding carboxylic acids is 1. The van der Waals surface area contributed by atoms with Crippen LogP contribution in [-0.4, -0.2) is 47.3 Å². The molecule has 2 N–H and O–H groups in total. The van der Waals surface area contributed by atoms with Gasteiger partial charge in [0.05, 0.1) is 41.4 Å². The highest BCUT2D eigenvalue weighted by atomic mass is 16.5. The summed E-state index contributed by atoms with van der Waals surface area (Å²) in [5, 5.41) is 2.86. The molecule has 0 unspecified atom stereocenters. The third kappa shape index (κ3) is 4.25. The standard InChI is InChI=1S/C13H20N2O3/c1-15(2)6-5-14-13(16)10-7-11(17-3)9-12(8-10)18-4/h7-9H,5-6H2,1-4H3,(H,14,16)/p+1. The van der Waals surface area contributed by atoms with Gasteiger partial charge in [-0.05, 0) is 12.1 Å². The van der Waals surface area contributed by atoms with E-state index in [-0.39, 0.29) is 5.91 Å². The molecule has 5 nitrogen and oxygen atoms in total. The summed E-state index contributed by atoms with van der Waals surface area (Å²) in [5.41, 5.74) is 0.542. The van der Waals surface area contributed by atoms with Gasteiger partial charge in [0.25, 0.3) is 5.91 Å². The van der Waals surface area contributed by atoms with Crippen molar-refractivity contribution < 1.29 is 19.2 Å².